The third-order valence-corrected chi connectivity index (χ3v) is 7.84. The van der Waals surface area contributed by atoms with Gasteiger partial charge in [0.25, 0.3) is 0 Å². The van der Waals surface area contributed by atoms with Gasteiger partial charge in [0, 0.05) is 11.4 Å². The first-order chi connectivity index (χ1) is 19.8. The normalized spacial score (nSPS) is 19.3. The van der Waals surface area contributed by atoms with Crippen LogP contribution in [0.2, 0.25) is 0 Å². The van der Waals surface area contributed by atoms with Gasteiger partial charge >= 0.3 is 26.6 Å². The minimum Gasteiger partial charge on any atom is -0.542 e. The molecule has 0 saturated carbocycles. The topological polar surface area (TPSA) is 80.5 Å². The zero-order chi connectivity index (χ0) is 30.9. The van der Waals surface area contributed by atoms with Crippen molar-refractivity contribution >= 4 is 23.1 Å². The first-order valence-corrected chi connectivity index (χ1v) is 14.2. The van der Waals surface area contributed by atoms with Crippen LogP contribution in [0.1, 0.15) is 67.2 Å². The Morgan fingerprint density at radius 3 is 1.79 bits per heavy atom. The van der Waals surface area contributed by atoms with Crippen LogP contribution in [-0.2, 0) is 25.2 Å². The van der Waals surface area contributed by atoms with Crippen LogP contribution in [0.15, 0.2) is 107 Å². The molecule has 230 valence electrons. The van der Waals surface area contributed by atoms with Crippen LogP contribution < -0.4 is 5.11 Å². The van der Waals surface area contributed by atoms with Crippen LogP contribution >= 0.6 is 0 Å². The fraction of sp³-hybridized carbons (Fsp3) is 0.364. The zero-order valence-electron chi connectivity index (χ0n) is 25.3. The van der Waals surface area contributed by atoms with Crippen LogP contribution in [0, 0.1) is 6.42 Å². The van der Waals surface area contributed by atoms with Crippen LogP contribution in [-0.4, -0.2) is 41.2 Å². The number of carbonyl (C=O) groups excluding carboxylic acids is 1. The molecule has 43 heavy (non-hydrogen) atoms. The Morgan fingerprint density at radius 2 is 1.26 bits per heavy atom. The maximum Gasteiger partial charge on any atom is 2.00 e. The molecule has 5 aliphatic heterocycles. The Bertz CT molecular complexity index is 1570. The number of allylic oxidation sites excluding steroid dienone is 11. The molecule has 10 heteroatoms. The molecular weight excluding hydrogens is 648 g/mol. The van der Waals surface area contributed by atoms with Crippen molar-refractivity contribution in [2.45, 2.75) is 73.4 Å². The molecule has 0 aromatic heterocycles. The Balaban J connectivity index is 0.000000567. The first-order valence-electron chi connectivity index (χ1n) is 14.2. The fourth-order valence-electron chi connectivity index (χ4n) is 5.66. The number of aliphatic imine (C=N–C) groups is 3. The Morgan fingerprint density at radius 1 is 0.767 bits per heavy atom. The largest absolute Gasteiger partial charge is 2.00 e. The van der Waals surface area contributed by atoms with Gasteiger partial charge in [-0.25, -0.2) is 4.99 Å². The van der Waals surface area contributed by atoms with E-state index in [-0.39, 0.29) is 20.4 Å². The molecule has 0 fully saturated rings. The van der Waals surface area contributed by atoms with Crippen molar-refractivity contribution in [2.24, 2.45) is 15.0 Å². The molecule has 0 radical (unpaired) electrons. The molecule has 0 atom stereocenters. The molecule has 5 aliphatic rings. The summed E-state index contributed by atoms with van der Waals surface area (Å²) < 4.78 is 31.5. The number of rotatable bonds is 4. The van der Waals surface area contributed by atoms with E-state index in [0.29, 0.717) is 0 Å². The molecule has 5 heterocycles. The smallest absolute Gasteiger partial charge is 0.542 e. The molecule has 0 N–H and O–H groups in total. The molecule has 0 spiro atoms. The van der Waals surface area contributed by atoms with E-state index in [9.17, 15) is 13.2 Å². The van der Waals surface area contributed by atoms with E-state index < -0.39 is 12.1 Å². The average Bonchev–Trinajstić information content (AvgIpc) is 3.62. The van der Waals surface area contributed by atoms with Gasteiger partial charge in [0.05, 0.1) is 22.8 Å². The van der Waals surface area contributed by atoms with Gasteiger partial charge in [0.15, 0.2) is 0 Å². The summed E-state index contributed by atoms with van der Waals surface area (Å²) in [5.74, 6) is -3.01. The summed E-state index contributed by atoms with van der Waals surface area (Å²) in [7, 11) is 2.10. The van der Waals surface area contributed by atoms with Crippen molar-refractivity contribution in [3.05, 3.63) is 98.7 Å². The van der Waals surface area contributed by atoms with Crippen molar-refractivity contribution < 1.29 is 43.5 Å². The van der Waals surface area contributed by atoms with Gasteiger partial charge in [0.1, 0.15) is 5.97 Å². The molecule has 0 amide bonds. The van der Waals surface area contributed by atoms with Crippen LogP contribution in [0.3, 0.4) is 0 Å². The summed E-state index contributed by atoms with van der Waals surface area (Å²) in [5.41, 5.74) is 16.4. The number of hydrogen-bond donors (Lipinski definition) is 0. The van der Waals surface area contributed by atoms with Gasteiger partial charge in [-0.15, -0.1) is 18.1 Å². The van der Waals surface area contributed by atoms with Crippen molar-refractivity contribution in [3.8, 4) is 0 Å². The second-order valence-corrected chi connectivity index (χ2v) is 10.4. The molecule has 0 aromatic carbocycles. The molecule has 0 aromatic rings. The van der Waals surface area contributed by atoms with Gasteiger partial charge in [-0.05, 0) is 97.9 Å². The monoisotopic (exact) mass is 682 g/mol. The maximum absolute atomic E-state index is 10.5. The minimum atomic E-state index is -5.19. The Labute approximate surface area is 265 Å². The van der Waals surface area contributed by atoms with Gasteiger partial charge in [-0.1, -0.05) is 40.0 Å². The third-order valence-electron chi connectivity index (χ3n) is 7.84. The van der Waals surface area contributed by atoms with E-state index in [0.717, 1.165) is 71.2 Å². The van der Waals surface area contributed by atoms with Crippen molar-refractivity contribution in [2.75, 3.05) is 7.05 Å². The quantitative estimate of drug-likeness (QED) is 0.242. The summed E-state index contributed by atoms with van der Waals surface area (Å²) in [6, 6.07) is 0. The number of carboxylic acids is 1. The molecule has 6 nitrogen and oxygen atoms in total. The van der Waals surface area contributed by atoms with E-state index in [1.54, 1.807) is 0 Å². The second kappa shape index (κ2) is 13.4. The molecule has 5 rings (SSSR count). The van der Waals surface area contributed by atoms with Crippen LogP contribution in [0.4, 0.5) is 13.2 Å². The number of hydrogen-bond acceptors (Lipinski definition) is 6. The molecule has 8 bridgehead atoms. The molecule has 0 saturated heterocycles. The maximum atomic E-state index is 10.5. The summed E-state index contributed by atoms with van der Waals surface area (Å²) >= 11 is 0. The Hall–Kier alpha value is -3.48. The van der Waals surface area contributed by atoms with Gasteiger partial charge in [-0.3, -0.25) is 9.98 Å². The minimum absolute atomic E-state index is 0. The number of alkyl halides is 3. The number of fused-ring (bicyclic) bond motifs is 5. The zero-order valence-corrected chi connectivity index (χ0v) is 26.9. The van der Waals surface area contributed by atoms with E-state index in [1.807, 2.05) is 0 Å². The van der Waals surface area contributed by atoms with Gasteiger partial charge in [-0.2, -0.15) is 13.2 Å². The van der Waals surface area contributed by atoms with E-state index in [4.69, 9.17) is 24.9 Å². The number of carboxylic acid groups (broad SMARTS) is 1. The van der Waals surface area contributed by atoms with E-state index in [1.165, 1.54) is 33.4 Å². The van der Waals surface area contributed by atoms with Crippen molar-refractivity contribution in [1.29, 1.82) is 0 Å². The predicted octanol–water partition coefficient (Wildman–Crippen LogP) is 6.80. The third kappa shape index (κ3) is 6.86. The molecular formula is C33H35F3N4O2Pd. The predicted molar refractivity (Wildman–Crippen MR) is 159 cm³/mol. The summed E-state index contributed by atoms with van der Waals surface area (Å²) in [4.78, 5) is 26.3. The summed E-state index contributed by atoms with van der Waals surface area (Å²) in [6.45, 7) is 13.3. The number of halogens is 3. The second-order valence-electron chi connectivity index (χ2n) is 10.4. The Kier molecular flexibility index (Phi) is 10.6. The van der Waals surface area contributed by atoms with Gasteiger partial charge in [0.2, 0.25) is 0 Å². The van der Waals surface area contributed by atoms with Crippen molar-refractivity contribution in [1.82, 2.24) is 4.90 Å². The van der Waals surface area contributed by atoms with E-state index >= 15 is 0 Å². The summed E-state index contributed by atoms with van der Waals surface area (Å²) in [5, 5.41) is 8.78. The van der Waals surface area contributed by atoms with E-state index in [2.05, 4.69) is 90.4 Å². The SMILES string of the molecule is CCC1=C(C)C2=NC1=CC1=NC(=CC3=NC(=CC4=CN(C)C(=C2)[CH-]4)C(C)=C3CC)C(CC)=C1CC.O=C([O-])C(F)(F)F.[Pd+2]. The first kappa shape index (κ1) is 34.0. The number of nitrogens with zero attached hydrogens (tertiary/aromatic N) is 4. The molecule has 0 aliphatic carbocycles. The summed E-state index contributed by atoms with van der Waals surface area (Å²) in [6.07, 6.45) is 11.9. The average molecular weight is 683 g/mol. The number of carbonyl (C=O) groups is 1. The van der Waals surface area contributed by atoms with Crippen molar-refractivity contribution in [3.63, 3.8) is 0 Å². The fourth-order valence-corrected chi connectivity index (χ4v) is 5.66. The number of aliphatic carboxylic acids is 1. The molecule has 0 unspecified atom stereocenters. The van der Waals surface area contributed by atoms with Crippen LogP contribution in [0.25, 0.3) is 0 Å². The standard InChI is InChI=1S/C31H35N4.C2HF3O2.Pd/c1-8-22-18(5)26-13-20-12-21(35(7)17-20)14-27-19(6)23(9-2)29(33-27)16-31-25(11-4)24(10-3)30(34-31)15-28(22)32-26;3-2(4,5)1(6)7;/h12-17H,8-11H2,1-7H3;(H,6,7);/q-1;;+2/p-1. The van der Waals surface area contributed by atoms with Gasteiger partial charge < -0.3 is 14.8 Å². The van der Waals surface area contributed by atoms with Crippen LogP contribution in [0.5, 0.6) is 0 Å².